The summed E-state index contributed by atoms with van der Waals surface area (Å²) in [6, 6.07) is 0. The first-order chi connectivity index (χ1) is 29.8. The van der Waals surface area contributed by atoms with E-state index in [0.29, 0.717) is 6.42 Å². The second-order valence-electron chi connectivity index (χ2n) is 15.4. The lowest BCUT2D eigenvalue weighted by Crippen LogP contribution is -2.64. The van der Waals surface area contributed by atoms with E-state index >= 15 is 0 Å². The summed E-state index contributed by atoms with van der Waals surface area (Å²) in [4.78, 5) is 35.7. The van der Waals surface area contributed by atoms with E-state index in [1.165, 1.54) is 31.8 Å². The number of carbonyl (C=O) groups is 2. The minimum absolute atomic E-state index is 0.0321. The molecule has 1 aliphatic rings. The first-order valence-electron chi connectivity index (χ1n) is 22.5. The van der Waals surface area contributed by atoms with Crippen molar-refractivity contribution in [3.8, 4) is 0 Å². The lowest BCUT2D eigenvalue weighted by molar-refractivity contribution is -0.220. The molecule has 1 fully saturated rings. The Kier molecular flexibility index (Phi) is 33.4. The second kappa shape index (κ2) is 36.3. The molecule has 0 aliphatic heterocycles. The highest BCUT2D eigenvalue weighted by molar-refractivity contribution is 7.47. The SMILES string of the molecule is CC/C=C\C/C=C\C/C=C\C/C=C\C/C=C\C=C/C(O)CCC(=O)OC[C@H](COP(=O)(O)OC1[C@H](O)[C@H](O)C(O)[C@H](O)[C@H]1O)OC(=O)CCCCCCC/C=C\CCCCCC. The van der Waals surface area contributed by atoms with Gasteiger partial charge in [0, 0.05) is 12.8 Å². The van der Waals surface area contributed by atoms with Crippen molar-refractivity contribution in [2.45, 2.75) is 185 Å². The molecule has 14 nitrogen and oxygen atoms in total. The van der Waals surface area contributed by atoms with Crippen molar-refractivity contribution in [2.75, 3.05) is 13.2 Å². The zero-order valence-electron chi connectivity index (χ0n) is 37.0. The summed E-state index contributed by atoms with van der Waals surface area (Å²) < 4.78 is 33.3. The van der Waals surface area contributed by atoms with Gasteiger partial charge in [0.15, 0.2) is 6.10 Å². The van der Waals surface area contributed by atoms with Gasteiger partial charge >= 0.3 is 19.8 Å². The van der Waals surface area contributed by atoms with Crippen LogP contribution < -0.4 is 0 Å². The maximum Gasteiger partial charge on any atom is 0.472 e. The Morgan fingerprint density at radius 3 is 1.69 bits per heavy atom. The van der Waals surface area contributed by atoms with E-state index in [1.807, 2.05) is 12.2 Å². The van der Waals surface area contributed by atoms with Crippen molar-refractivity contribution in [1.82, 2.24) is 0 Å². The molecule has 0 heterocycles. The lowest BCUT2D eigenvalue weighted by Gasteiger charge is -2.41. The average molecular weight is 897 g/mol. The number of hydrogen-bond donors (Lipinski definition) is 7. The van der Waals surface area contributed by atoms with Crippen LogP contribution in [0.25, 0.3) is 0 Å². The van der Waals surface area contributed by atoms with Crippen molar-refractivity contribution < 1.29 is 68.2 Å². The number of aliphatic hydroxyl groups excluding tert-OH is 6. The van der Waals surface area contributed by atoms with Crippen LogP contribution in [0.1, 0.15) is 136 Å². The van der Waals surface area contributed by atoms with Gasteiger partial charge in [0.25, 0.3) is 0 Å². The first kappa shape index (κ1) is 57.0. The third kappa shape index (κ3) is 28.6. The van der Waals surface area contributed by atoms with E-state index in [-0.39, 0.29) is 19.3 Å². The number of allylic oxidation sites excluding steroid dienone is 13. The molecular weight excluding hydrogens is 819 g/mol. The van der Waals surface area contributed by atoms with E-state index in [2.05, 4.69) is 68.5 Å². The largest absolute Gasteiger partial charge is 0.472 e. The Morgan fingerprint density at radius 1 is 0.597 bits per heavy atom. The predicted octanol–water partition coefficient (Wildman–Crippen LogP) is 7.47. The second-order valence-corrected chi connectivity index (χ2v) is 16.8. The molecule has 7 N–H and O–H groups in total. The minimum atomic E-state index is -5.18. The summed E-state index contributed by atoms with van der Waals surface area (Å²) in [5, 5.41) is 60.4. The van der Waals surface area contributed by atoms with Gasteiger partial charge in [-0.3, -0.25) is 18.6 Å². The summed E-state index contributed by atoms with van der Waals surface area (Å²) in [6.07, 6.45) is 29.6. The van der Waals surface area contributed by atoms with Crippen molar-refractivity contribution in [2.24, 2.45) is 0 Å². The van der Waals surface area contributed by atoms with E-state index in [1.54, 1.807) is 12.2 Å². The third-order valence-electron chi connectivity index (χ3n) is 9.84. The maximum atomic E-state index is 12.8. The predicted molar refractivity (Wildman–Crippen MR) is 241 cm³/mol. The van der Waals surface area contributed by atoms with E-state index in [4.69, 9.17) is 18.5 Å². The molecule has 0 aromatic carbocycles. The molecule has 0 radical (unpaired) electrons. The summed E-state index contributed by atoms with van der Waals surface area (Å²) in [5.41, 5.74) is 0. The zero-order chi connectivity index (χ0) is 45.9. The van der Waals surface area contributed by atoms with Gasteiger partial charge in [-0.1, -0.05) is 137 Å². The maximum absolute atomic E-state index is 12.8. The number of phosphoric ester groups is 1. The van der Waals surface area contributed by atoms with Gasteiger partial charge in [0.05, 0.1) is 12.7 Å². The van der Waals surface area contributed by atoms with Gasteiger partial charge in [0.2, 0.25) is 0 Å². The Morgan fingerprint density at radius 2 is 1.11 bits per heavy atom. The highest BCUT2D eigenvalue weighted by atomic mass is 31.2. The van der Waals surface area contributed by atoms with Crippen molar-refractivity contribution >= 4 is 19.8 Å². The Balaban J connectivity index is 2.59. The number of hydrogen-bond acceptors (Lipinski definition) is 13. The van der Waals surface area contributed by atoms with E-state index < -0.39 is 81.8 Å². The molecule has 15 heteroatoms. The van der Waals surface area contributed by atoms with Crippen molar-refractivity contribution in [3.63, 3.8) is 0 Å². The lowest BCUT2D eigenvalue weighted by atomic mass is 9.85. The Bertz CT molecular complexity index is 1420. The van der Waals surface area contributed by atoms with Crippen LogP contribution in [0, 0.1) is 0 Å². The monoisotopic (exact) mass is 897 g/mol. The van der Waals surface area contributed by atoms with Crippen LogP contribution in [0.2, 0.25) is 0 Å². The number of ether oxygens (including phenoxy) is 2. The standard InChI is InChI=1S/C47H77O14P/c1-3-5-7-9-11-13-15-17-18-19-21-22-24-26-28-30-32-38(48)34-35-40(49)58-36-39(37-59-62(56,57)61-47-45(54)43(52)42(51)44(53)46(47)55)60-41(50)33-31-29-27-25-23-20-16-14-12-10-8-6-4-2/h5,7,11,13-14,16-18,21-22,26,28,30,32,38-39,42-48,51-55H,3-4,6,8-10,12,15,19-20,23-25,27,29,31,33-37H2,1-2H3,(H,56,57)/b7-5-,13-11-,16-14-,18-17-,22-21-,28-26-,32-30-/t38?,39-,42?,43-,44+,45-,46-,47?/m1/s1. The summed E-state index contributed by atoms with van der Waals surface area (Å²) in [5.74, 6) is -1.40. The molecule has 0 aromatic rings. The van der Waals surface area contributed by atoms with Crippen LogP contribution in [-0.4, -0.2) is 110 Å². The molecule has 0 amide bonds. The van der Waals surface area contributed by atoms with Gasteiger partial charge in [-0.15, -0.1) is 0 Å². The molecule has 0 aromatic heterocycles. The Hall–Kier alpha value is -3.01. The number of carbonyl (C=O) groups excluding carboxylic acids is 2. The number of rotatable bonds is 35. The van der Waals surface area contributed by atoms with Gasteiger partial charge in [-0.05, 0) is 70.6 Å². The molecule has 1 saturated carbocycles. The van der Waals surface area contributed by atoms with Gasteiger partial charge < -0.3 is 45.0 Å². The molecular formula is C47H77O14P. The Labute approximate surface area is 370 Å². The highest BCUT2D eigenvalue weighted by Crippen LogP contribution is 2.47. The summed E-state index contributed by atoms with van der Waals surface area (Å²) in [6.45, 7) is 2.93. The van der Waals surface area contributed by atoms with Gasteiger partial charge in [0.1, 0.15) is 43.2 Å². The van der Waals surface area contributed by atoms with Crippen LogP contribution in [0.5, 0.6) is 0 Å². The van der Waals surface area contributed by atoms with Crippen molar-refractivity contribution in [1.29, 1.82) is 0 Å². The van der Waals surface area contributed by atoms with Crippen LogP contribution in [0.3, 0.4) is 0 Å². The van der Waals surface area contributed by atoms with E-state index in [9.17, 15) is 49.7 Å². The smallest absolute Gasteiger partial charge is 0.462 e. The molecule has 354 valence electrons. The molecule has 0 bridgehead atoms. The number of aliphatic hydroxyl groups is 6. The molecule has 1 rings (SSSR count). The first-order valence-corrected chi connectivity index (χ1v) is 24.0. The van der Waals surface area contributed by atoms with Crippen LogP contribution in [0.15, 0.2) is 85.1 Å². The molecule has 4 unspecified atom stereocenters. The fraction of sp³-hybridized carbons (Fsp3) is 0.660. The number of unbranched alkanes of at least 4 members (excludes halogenated alkanes) is 9. The third-order valence-corrected chi connectivity index (χ3v) is 10.8. The van der Waals surface area contributed by atoms with Crippen LogP contribution >= 0.6 is 7.82 Å². The molecule has 62 heavy (non-hydrogen) atoms. The molecule has 0 saturated heterocycles. The van der Waals surface area contributed by atoms with E-state index in [0.717, 1.165) is 70.6 Å². The zero-order valence-corrected chi connectivity index (χ0v) is 37.9. The number of esters is 2. The average Bonchev–Trinajstić information content (AvgIpc) is 3.25. The summed E-state index contributed by atoms with van der Waals surface area (Å²) >= 11 is 0. The van der Waals surface area contributed by atoms with Crippen LogP contribution in [-0.2, 0) is 32.7 Å². The summed E-state index contributed by atoms with van der Waals surface area (Å²) in [7, 11) is -5.18. The minimum Gasteiger partial charge on any atom is -0.462 e. The molecule has 0 spiro atoms. The van der Waals surface area contributed by atoms with Gasteiger partial charge in [-0.2, -0.15) is 0 Å². The molecule has 1 aliphatic carbocycles. The fourth-order valence-corrected chi connectivity index (χ4v) is 7.13. The van der Waals surface area contributed by atoms with Gasteiger partial charge in [-0.25, -0.2) is 4.57 Å². The quantitative estimate of drug-likeness (QED) is 0.0108. The van der Waals surface area contributed by atoms with Crippen molar-refractivity contribution in [3.05, 3.63) is 85.1 Å². The normalized spacial score (nSPS) is 23.2. The van der Waals surface area contributed by atoms with Crippen LogP contribution in [0.4, 0.5) is 0 Å². The topological polar surface area (TPSA) is 230 Å². The highest BCUT2D eigenvalue weighted by Gasteiger charge is 2.51. The fourth-order valence-electron chi connectivity index (χ4n) is 6.15. The molecule has 9 atom stereocenters. The number of phosphoric acid groups is 1.